The monoisotopic (exact) mass is 281 g/mol. The van der Waals surface area contributed by atoms with E-state index in [9.17, 15) is 9.59 Å². The van der Waals surface area contributed by atoms with Crippen LogP contribution in [0.3, 0.4) is 0 Å². The highest BCUT2D eigenvalue weighted by Crippen LogP contribution is 2.28. The zero-order chi connectivity index (χ0) is 14.4. The average molecular weight is 281 g/mol. The van der Waals surface area contributed by atoms with Crippen molar-refractivity contribution >= 4 is 11.8 Å². The number of primary amides is 1. The van der Waals surface area contributed by atoms with Crippen LogP contribution in [0.4, 0.5) is 0 Å². The summed E-state index contributed by atoms with van der Waals surface area (Å²) in [5.41, 5.74) is 5.19. The summed E-state index contributed by atoms with van der Waals surface area (Å²) in [5, 5.41) is 3.13. The van der Waals surface area contributed by atoms with Crippen molar-refractivity contribution in [3.8, 4) is 0 Å². The number of nitrogens with one attached hydrogen (secondary N) is 1. The van der Waals surface area contributed by atoms with Crippen molar-refractivity contribution < 1.29 is 9.59 Å². The molecule has 5 heteroatoms. The Hall–Kier alpha value is -1.10. The highest BCUT2D eigenvalue weighted by Gasteiger charge is 2.22. The van der Waals surface area contributed by atoms with Gasteiger partial charge in [0.15, 0.2) is 0 Å². The maximum Gasteiger partial charge on any atom is 0.231 e. The van der Waals surface area contributed by atoms with Crippen molar-refractivity contribution in [3.05, 3.63) is 0 Å². The van der Waals surface area contributed by atoms with Crippen LogP contribution in [0.15, 0.2) is 0 Å². The van der Waals surface area contributed by atoms with Crippen molar-refractivity contribution in [2.75, 3.05) is 19.6 Å². The fourth-order valence-corrected chi connectivity index (χ4v) is 3.39. The van der Waals surface area contributed by atoms with Crippen LogP contribution in [-0.2, 0) is 9.59 Å². The van der Waals surface area contributed by atoms with Crippen LogP contribution in [0.25, 0.3) is 0 Å². The van der Waals surface area contributed by atoms with E-state index in [1.54, 1.807) is 0 Å². The molecule has 3 N–H and O–H groups in total. The minimum Gasteiger partial charge on any atom is -0.369 e. The quantitative estimate of drug-likeness (QED) is 0.763. The Bertz CT molecular complexity index is 332. The maximum atomic E-state index is 11.9. The molecule has 2 amide bonds. The van der Waals surface area contributed by atoms with Gasteiger partial charge in [-0.1, -0.05) is 25.7 Å². The topological polar surface area (TPSA) is 75.4 Å². The number of amides is 2. The Balaban J connectivity index is 1.59. The number of piperidine rings is 1. The third kappa shape index (κ3) is 5.12. The summed E-state index contributed by atoms with van der Waals surface area (Å²) < 4.78 is 0. The molecule has 1 aliphatic carbocycles. The van der Waals surface area contributed by atoms with Crippen LogP contribution in [0.5, 0.6) is 0 Å². The number of rotatable bonds is 6. The standard InChI is InChI=1S/C15H27N3O2/c16-14(19)11-18-9-7-13(8-10-18)17-15(20)6-5-12-3-1-2-4-12/h12-13H,1-11H2,(H2,16,19)(H,17,20). The number of nitrogens with zero attached hydrogens (tertiary/aromatic N) is 1. The lowest BCUT2D eigenvalue weighted by Crippen LogP contribution is -2.46. The van der Waals surface area contributed by atoms with E-state index in [1.807, 2.05) is 0 Å². The van der Waals surface area contributed by atoms with Gasteiger partial charge in [-0.15, -0.1) is 0 Å². The van der Waals surface area contributed by atoms with Gasteiger partial charge in [-0.3, -0.25) is 14.5 Å². The highest BCUT2D eigenvalue weighted by atomic mass is 16.2. The van der Waals surface area contributed by atoms with Crippen LogP contribution in [0.2, 0.25) is 0 Å². The van der Waals surface area contributed by atoms with Crippen molar-refractivity contribution in [1.29, 1.82) is 0 Å². The SMILES string of the molecule is NC(=O)CN1CCC(NC(=O)CCC2CCCC2)CC1. The molecule has 1 saturated carbocycles. The first-order chi connectivity index (χ1) is 9.63. The van der Waals surface area contributed by atoms with E-state index in [0.717, 1.165) is 38.3 Å². The molecule has 0 spiro atoms. The molecule has 1 heterocycles. The molecule has 2 rings (SSSR count). The first kappa shape index (κ1) is 15.3. The largest absolute Gasteiger partial charge is 0.369 e. The molecule has 0 radical (unpaired) electrons. The molecule has 0 bridgehead atoms. The van der Waals surface area contributed by atoms with E-state index in [2.05, 4.69) is 10.2 Å². The molecule has 0 aromatic carbocycles. The molecule has 114 valence electrons. The van der Waals surface area contributed by atoms with Gasteiger partial charge in [-0.05, 0) is 25.2 Å². The van der Waals surface area contributed by atoms with E-state index in [0.29, 0.717) is 13.0 Å². The number of nitrogens with two attached hydrogens (primary N) is 1. The summed E-state index contributed by atoms with van der Waals surface area (Å²) >= 11 is 0. The van der Waals surface area contributed by atoms with Gasteiger partial charge in [0.2, 0.25) is 11.8 Å². The second-order valence-electron chi connectivity index (χ2n) is 6.27. The zero-order valence-electron chi connectivity index (χ0n) is 12.3. The van der Waals surface area contributed by atoms with Gasteiger partial charge in [0, 0.05) is 25.6 Å². The van der Waals surface area contributed by atoms with Gasteiger partial charge in [0.1, 0.15) is 0 Å². The van der Waals surface area contributed by atoms with Gasteiger partial charge in [0.25, 0.3) is 0 Å². The molecular formula is C15H27N3O2. The van der Waals surface area contributed by atoms with Crippen LogP contribution >= 0.6 is 0 Å². The Kier molecular flexibility index (Phi) is 5.83. The predicted octanol–water partition coefficient (Wildman–Crippen LogP) is 1.02. The number of likely N-dealkylation sites (tertiary alicyclic amines) is 1. The van der Waals surface area contributed by atoms with Gasteiger partial charge in [0.05, 0.1) is 6.54 Å². The summed E-state index contributed by atoms with van der Waals surface area (Å²) in [5.74, 6) is 0.701. The van der Waals surface area contributed by atoms with Crippen LogP contribution in [0.1, 0.15) is 51.4 Å². The second kappa shape index (κ2) is 7.62. The van der Waals surface area contributed by atoms with E-state index < -0.39 is 0 Å². The fourth-order valence-electron chi connectivity index (χ4n) is 3.39. The van der Waals surface area contributed by atoms with Gasteiger partial charge in [-0.2, -0.15) is 0 Å². The molecule has 2 fully saturated rings. The summed E-state index contributed by atoms with van der Waals surface area (Å²) in [6.45, 7) is 2.02. The molecule has 5 nitrogen and oxygen atoms in total. The number of hydrogen-bond acceptors (Lipinski definition) is 3. The Labute approximate surface area is 121 Å². The molecular weight excluding hydrogens is 254 g/mol. The van der Waals surface area contributed by atoms with Crippen molar-refractivity contribution in [2.24, 2.45) is 11.7 Å². The van der Waals surface area contributed by atoms with Crippen molar-refractivity contribution in [1.82, 2.24) is 10.2 Å². The molecule has 20 heavy (non-hydrogen) atoms. The summed E-state index contributed by atoms with van der Waals surface area (Å²) in [4.78, 5) is 24.8. The van der Waals surface area contributed by atoms with E-state index >= 15 is 0 Å². The minimum atomic E-state index is -0.274. The second-order valence-corrected chi connectivity index (χ2v) is 6.27. The lowest BCUT2D eigenvalue weighted by Gasteiger charge is -2.31. The fraction of sp³-hybridized carbons (Fsp3) is 0.867. The first-order valence-electron chi connectivity index (χ1n) is 7.93. The van der Waals surface area contributed by atoms with Crippen LogP contribution < -0.4 is 11.1 Å². The number of hydrogen-bond donors (Lipinski definition) is 2. The number of carbonyl (C=O) groups excluding carboxylic acids is 2. The molecule has 2 aliphatic rings. The molecule has 1 aliphatic heterocycles. The Morgan fingerprint density at radius 3 is 2.35 bits per heavy atom. The van der Waals surface area contributed by atoms with E-state index in [4.69, 9.17) is 5.73 Å². The predicted molar refractivity (Wildman–Crippen MR) is 78.0 cm³/mol. The van der Waals surface area contributed by atoms with Crippen LogP contribution in [0, 0.1) is 5.92 Å². The van der Waals surface area contributed by atoms with Gasteiger partial charge >= 0.3 is 0 Å². The first-order valence-corrected chi connectivity index (χ1v) is 7.93. The Morgan fingerprint density at radius 2 is 1.75 bits per heavy atom. The Morgan fingerprint density at radius 1 is 1.10 bits per heavy atom. The van der Waals surface area contributed by atoms with E-state index in [1.165, 1.54) is 25.7 Å². The zero-order valence-corrected chi connectivity index (χ0v) is 12.3. The maximum absolute atomic E-state index is 11.9. The molecule has 1 saturated heterocycles. The van der Waals surface area contributed by atoms with Crippen molar-refractivity contribution in [2.45, 2.75) is 57.4 Å². The summed E-state index contributed by atoms with van der Waals surface area (Å²) in [7, 11) is 0. The van der Waals surface area contributed by atoms with Crippen LogP contribution in [-0.4, -0.2) is 42.4 Å². The smallest absolute Gasteiger partial charge is 0.231 e. The average Bonchev–Trinajstić information content (AvgIpc) is 2.91. The minimum absolute atomic E-state index is 0.199. The lowest BCUT2D eigenvalue weighted by atomic mass is 10.0. The third-order valence-electron chi connectivity index (χ3n) is 4.59. The molecule has 0 atom stereocenters. The summed E-state index contributed by atoms with van der Waals surface area (Å²) in [6.07, 6.45) is 8.84. The van der Waals surface area contributed by atoms with Gasteiger partial charge in [-0.25, -0.2) is 0 Å². The summed E-state index contributed by atoms with van der Waals surface area (Å²) in [6, 6.07) is 0.273. The molecule has 0 unspecified atom stereocenters. The molecule has 0 aromatic heterocycles. The van der Waals surface area contributed by atoms with Crippen molar-refractivity contribution in [3.63, 3.8) is 0 Å². The highest BCUT2D eigenvalue weighted by molar-refractivity contribution is 5.76. The van der Waals surface area contributed by atoms with Gasteiger partial charge < -0.3 is 11.1 Å². The normalized spacial score (nSPS) is 22.0. The van der Waals surface area contributed by atoms with E-state index in [-0.39, 0.29) is 17.9 Å². The third-order valence-corrected chi connectivity index (χ3v) is 4.59. The lowest BCUT2D eigenvalue weighted by molar-refractivity contribution is -0.123. The number of carbonyl (C=O) groups is 2. The molecule has 0 aromatic rings.